The van der Waals surface area contributed by atoms with E-state index in [0.29, 0.717) is 18.0 Å². The van der Waals surface area contributed by atoms with Crippen LogP contribution in [0.4, 0.5) is 0 Å². The fourth-order valence-corrected chi connectivity index (χ4v) is 3.56. The number of nitrogens with zero attached hydrogens (tertiary/aromatic N) is 1. The summed E-state index contributed by atoms with van der Waals surface area (Å²) in [6.07, 6.45) is 4.86. The van der Waals surface area contributed by atoms with Crippen LogP contribution in [0.3, 0.4) is 0 Å². The number of amides is 2. The maximum atomic E-state index is 12.0. The zero-order chi connectivity index (χ0) is 15.2. The summed E-state index contributed by atoms with van der Waals surface area (Å²) in [5, 5.41) is 4.81. The fourth-order valence-electron chi connectivity index (χ4n) is 2.64. The van der Waals surface area contributed by atoms with Gasteiger partial charge in [0.1, 0.15) is 0 Å². The molecule has 2 rings (SSSR count). The highest BCUT2D eigenvalue weighted by Crippen LogP contribution is 2.21. The van der Waals surface area contributed by atoms with E-state index in [4.69, 9.17) is 5.73 Å². The SMILES string of the molecule is Cc1csc(C(N)=O)c1CNC(=O)CN1CCCCCC1. The summed E-state index contributed by atoms with van der Waals surface area (Å²) in [6.45, 7) is 4.74. The summed E-state index contributed by atoms with van der Waals surface area (Å²) in [5.74, 6) is -0.414. The van der Waals surface area contributed by atoms with Crippen molar-refractivity contribution in [3.05, 3.63) is 21.4 Å². The van der Waals surface area contributed by atoms with Crippen molar-refractivity contribution in [2.45, 2.75) is 39.2 Å². The van der Waals surface area contributed by atoms with E-state index in [0.717, 1.165) is 24.2 Å². The molecule has 5 nitrogen and oxygen atoms in total. The minimum atomic E-state index is -0.426. The largest absolute Gasteiger partial charge is 0.365 e. The molecule has 0 aromatic carbocycles. The van der Waals surface area contributed by atoms with Crippen LogP contribution in [-0.2, 0) is 11.3 Å². The zero-order valence-corrected chi connectivity index (χ0v) is 13.3. The third-order valence-corrected chi connectivity index (χ3v) is 5.01. The average molecular weight is 309 g/mol. The first-order valence-electron chi connectivity index (χ1n) is 7.43. The van der Waals surface area contributed by atoms with Gasteiger partial charge < -0.3 is 11.1 Å². The Morgan fingerprint density at radius 1 is 1.29 bits per heavy atom. The smallest absolute Gasteiger partial charge is 0.259 e. The van der Waals surface area contributed by atoms with Crippen LogP contribution in [0.2, 0.25) is 0 Å². The van der Waals surface area contributed by atoms with Gasteiger partial charge in [0.15, 0.2) is 0 Å². The number of rotatable bonds is 5. The number of primary amides is 1. The molecule has 1 aliphatic heterocycles. The Morgan fingerprint density at radius 2 is 1.95 bits per heavy atom. The normalized spacial score (nSPS) is 16.4. The second-order valence-corrected chi connectivity index (χ2v) is 6.44. The molecule has 1 saturated heterocycles. The van der Waals surface area contributed by atoms with E-state index in [-0.39, 0.29) is 5.91 Å². The number of aryl methyl sites for hydroxylation is 1. The fraction of sp³-hybridized carbons (Fsp3) is 0.600. The molecule has 0 spiro atoms. The van der Waals surface area contributed by atoms with Gasteiger partial charge in [-0.05, 0) is 49.4 Å². The highest BCUT2D eigenvalue weighted by atomic mass is 32.1. The molecule has 1 aliphatic rings. The Kier molecular flexibility index (Phi) is 5.76. The van der Waals surface area contributed by atoms with Crippen molar-refractivity contribution in [3.63, 3.8) is 0 Å². The van der Waals surface area contributed by atoms with Gasteiger partial charge in [-0.25, -0.2) is 0 Å². The van der Waals surface area contributed by atoms with Gasteiger partial charge in [0.05, 0.1) is 11.4 Å². The molecule has 1 aromatic heterocycles. The summed E-state index contributed by atoms with van der Waals surface area (Å²) >= 11 is 1.34. The maximum Gasteiger partial charge on any atom is 0.259 e. The van der Waals surface area contributed by atoms with Gasteiger partial charge in [0, 0.05) is 6.54 Å². The number of nitrogens with one attached hydrogen (secondary N) is 1. The number of likely N-dealkylation sites (tertiary alicyclic amines) is 1. The van der Waals surface area contributed by atoms with Crippen LogP contribution in [0.5, 0.6) is 0 Å². The molecular weight excluding hydrogens is 286 g/mol. The van der Waals surface area contributed by atoms with Crippen LogP contribution in [0, 0.1) is 6.92 Å². The monoisotopic (exact) mass is 309 g/mol. The van der Waals surface area contributed by atoms with Gasteiger partial charge in [-0.1, -0.05) is 12.8 Å². The highest BCUT2D eigenvalue weighted by Gasteiger charge is 2.16. The van der Waals surface area contributed by atoms with Crippen molar-refractivity contribution in [2.75, 3.05) is 19.6 Å². The van der Waals surface area contributed by atoms with Crippen molar-refractivity contribution in [1.82, 2.24) is 10.2 Å². The Hall–Kier alpha value is -1.40. The maximum absolute atomic E-state index is 12.0. The number of hydrogen-bond acceptors (Lipinski definition) is 4. The van der Waals surface area contributed by atoms with Gasteiger partial charge in [0.25, 0.3) is 5.91 Å². The van der Waals surface area contributed by atoms with E-state index in [1.807, 2.05) is 12.3 Å². The number of nitrogens with two attached hydrogens (primary N) is 1. The Bertz CT molecular complexity index is 505. The van der Waals surface area contributed by atoms with E-state index >= 15 is 0 Å². The lowest BCUT2D eigenvalue weighted by atomic mass is 10.1. The Morgan fingerprint density at radius 3 is 2.57 bits per heavy atom. The van der Waals surface area contributed by atoms with Gasteiger partial charge >= 0.3 is 0 Å². The van der Waals surface area contributed by atoms with Crippen LogP contribution in [0.25, 0.3) is 0 Å². The summed E-state index contributed by atoms with van der Waals surface area (Å²) in [4.78, 5) is 26.1. The molecule has 1 aromatic rings. The van der Waals surface area contributed by atoms with Crippen molar-refractivity contribution in [3.8, 4) is 0 Å². The molecular formula is C15H23N3O2S. The third-order valence-electron chi connectivity index (χ3n) is 3.86. The topological polar surface area (TPSA) is 75.4 Å². The molecule has 2 heterocycles. The number of thiophene rings is 1. The lowest BCUT2D eigenvalue weighted by Gasteiger charge is -2.19. The predicted molar refractivity (Wildman–Crippen MR) is 84.3 cm³/mol. The molecule has 0 atom stereocenters. The first-order chi connectivity index (χ1) is 10.1. The van der Waals surface area contributed by atoms with Crippen LogP contribution in [0.15, 0.2) is 5.38 Å². The average Bonchev–Trinajstić information content (AvgIpc) is 2.63. The standard InChI is InChI=1S/C15H23N3O2S/c1-11-10-21-14(15(16)20)12(11)8-17-13(19)9-18-6-4-2-3-5-7-18/h10H,2-9H2,1H3,(H2,16,20)(H,17,19). The van der Waals surface area contributed by atoms with E-state index in [1.54, 1.807) is 0 Å². The van der Waals surface area contributed by atoms with Crippen molar-refractivity contribution >= 4 is 23.2 Å². The Balaban J connectivity index is 1.86. The predicted octanol–water partition coefficient (Wildman–Crippen LogP) is 1.65. The van der Waals surface area contributed by atoms with Crippen molar-refractivity contribution in [2.24, 2.45) is 5.73 Å². The second kappa shape index (κ2) is 7.56. The molecule has 0 bridgehead atoms. The zero-order valence-electron chi connectivity index (χ0n) is 12.5. The number of carbonyl (C=O) groups is 2. The summed E-state index contributed by atoms with van der Waals surface area (Å²) in [5.41, 5.74) is 7.20. The molecule has 6 heteroatoms. The van der Waals surface area contributed by atoms with Gasteiger partial charge in [-0.2, -0.15) is 0 Å². The summed E-state index contributed by atoms with van der Waals surface area (Å²) in [6, 6.07) is 0. The lowest BCUT2D eigenvalue weighted by molar-refractivity contribution is -0.122. The molecule has 21 heavy (non-hydrogen) atoms. The summed E-state index contributed by atoms with van der Waals surface area (Å²) in [7, 11) is 0. The van der Waals surface area contributed by atoms with Crippen molar-refractivity contribution < 1.29 is 9.59 Å². The third kappa shape index (κ3) is 4.54. The lowest BCUT2D eigenvalue weighted by Crippen LogP contribution is -2.37. The first-order valence-corrected chi connectivity index (χ1v) is 8.31. The molecule has 0 unspecified atom stereocenters. The summed E-state index contributed by atoms with van der Waals surface area (Å²) < 4.78 is 0. The molecule has 0 saturated carbocycles. The van der Waals surface area contributed by atoms with Crippen LogP contribution in [-0.4, -0.2) is 36.3 Å². The van der Waals surface area contributed by atoms with E-state index in [9.17, 15) is 9.59 Å². The molecule has 116 valence electrons. The van der Waals surface area contributed by atoms with E-state index in [2.05, 4.69) is 10.2 Å². The second-order valence-electron chi connectivity index (χ2n) is 5.56. The molecule has 0 radical (unpaired) electrons. The molecule has 1 fully saturated rings. The molecule has 3 N–H and O–H groups in total. The molecule has 2 amide bonds. The van der Waals surface area contributed by atoms with Crippen LogP contribution in [0.1, 0.15) is 46.5 Å². The van der Waals surface area contributed by atoms with Gasteiger partial charge in [0.2, 0.25) is 5.91 Å². The highest BCUT2D eigenvalue weighted by molar-refractivity contribution is 7.12. The Labute approximate surface area is 129 Å². The quantitative estimate of drug-likeness (QED) is 0.868. The van der Waals surface area contributed by atoms with E-state index < -0.39 is 5.91 Å². The minimum Gasteiger partial charge on any atom is -0.365 e. The van der Waals surface area contributed by atoms with Crippen LogP contribution < -0.4 is 11.1 Å². The number of carbonyl (C=O) groups excluding carboxylic acids is 2. The van der Waals surface area contributed by atoms with Gasteiger partial charge in [-0.3, -0.25) is 14.5 Å². The minimum absolute atomic E-state index is 0.0120. The van der Waals surface area contributed by atoms with Gasteiger partial charge in [-0.15, -0.1) is 11.3 Å². The van der Waals surface area contributed by atoms with Crippen molar-refractivity contribution in [1.29, 1.82) is 0 Å². The first kappa shape index (κ1) is 16.0. The molecule has 0 aliphatic carbocycles. The number of hydrogen-bond donors (Lipinski definition) is 2. The van der Waals surface area contributed by atoms with E-state index in [1.165, 1.54) is 37.0 Å². The van der Waals surface area contributed by atoms with Crippen LogP contribution >= 0.6 is 11.3 Å².